The van der Waals surface area contributed by atoms with Gasteiger partial charge in [-0.15, -0.1) is 11.3 Å². The SMILES string of the molecule is O=c1c2sccc2ncn1C1CCNC1. The number of nitrogens with one attached hydrogen (secondary N) is 1. The van der Waals surface area contributed by atoms with Crippen molar-refractivity contribution in [2.75, 3.05) is 13.1 Å². The number of thiophene rings is 1. The van der Waals surface area contributed by atoms with Gasteiger partial charge in [0.15, 0.2) is 0 Å². The van der Waals surface area contributed by atoms with Gasteiger partial charge in [0.25, 0.3) is 5.56 Å². The van der Waals surface area contributed by atoms with Crippen LogP contribution in [0.2, 0.25) is 0 Å². The molecule has 1 fully saturated rings. The molecule has 0 aromatic carbocycles. The van der Waals surface area contributed by atoms with E-state index < -0.39 is 0 Å². The van der Waals surface area contributed by atoms with E-state index in [1.165, 1.54) is 11.3 Å². The molecule has 5 heteroatoms. The first-order chi connectivity index (χ1) is 7.36. The summed E-state index contributed by atoms with van der Waals surface area (Å²) in [5.41, 5.74) is 0.913. The minimum Gasteiger partial charge on any atom is -0.315 e. The van der Waals surface area contributed by atoms with E-state index in [0.717, 1.165) is 29.7 Å². The summed E-state index contributed by atoms with van der Waals surface area (Å²) in [5.74, 6) is 0. The smallest absolute Gasteiger partial charge is 0.271 e. The fraction of sp³-hybridized carbons (Fsp3) is 0.400. The van der Waals surface area contributed by atoms with Crippen molar-refractivity contribution in [3.05, 3.63) is 28.1 Å². The summed E-state index contributed by atoms with van der Waals surface area (Å²) in [6, 6.07) is 2.16. The Morgan fingerprint density at radius 3 is 3.33 bits per heavy atom. The molecule has 1 unspecified atom stereocenters. The second-order valence-corrected chi connectivity index (χ2v) is 4.65. The van der Waals surface area contributed by atoms with E-state index in [9.17, 15) is 4.79 Å². The number of hydrogen-bond acceptors (Lipinski definition) is 4. The zero-order valence-electron chi connectivity index (χ0n) is 8.14. The lowest BCUT2D eigenvalue weighted by Gasteiger charge is -2.11. The molecule has 0 radical (unpaired) electrons. The largest absolute Gasteiger partial charge is 0.315 e. The molecule has 0 spiro atoms. The highest BCUT2D eigenvalue weighted by Gasteiger charge is 2.18. The van der Waals surface area contributed by atoms with Gasteiger partial charge in [0, 0.05) is 6.54 Å². The van der Waals surface area contributed by atoms with E-state index in [4.69, 9.17) is 0 Å². The lowest BCUT2D eigenvalue weighted by atomic mass is 10.2. The van der Waals surface area contributed by atoms with Crippen LogP contribution in [-0.2, 0) is 0 Å². The molecule has 1 N–H and O–H groups in total. The van der Waals surface area contributed by atoms with Gasteiger partial charge in [-0.05, 0) is 24.4 Å². The molecule has 4 nitrogen and oxygen atoms in total. The number of rotatable bonds is 1. The molecule has 2 aromatic rings. The van der Waals surface area contributed by atoms with Gasteiger partial charge in [-0.2, -0.15) is 0 Å². The van der Waals surface area contributed by atoms with E-state index in [2.05, 4.69) is 10.3 Å². The Kier molecular flexibility index (Phi) is 2.07. The second-order valence-electron chi connectivity index (χ2n) is 3.74. The van der Waals surface area contributed by atoms with E-state index in [-0.39, 0.29) is 11.6 Å². The minimum absolute atomic E-state index is 0.101. The maximum Gasteiger partial charge on any atom is 0.271 e. The molecule has 78 valence electrons. The molecule has 0 saturated carbocycles. The van der Waals surface area contributed by atoms with E-state index in [0.29, 0.717) is 0 Å². The third kappa shape index (κ3) is 1.39. The highest BCUT2D eigenvalue weighted by atomic mass is 32.1. The summed E-state index contributed by atoms with van der Waals surface area (Å²) in [5, 5.41) is 5.17. The molecule has 1 saturated heterocycles. The van der Waals surface area contributed by atoms with Crippen LogP contribution in [0.5, 0.6) is 0 Å². The van der Waals surface area contributed by atoms with Gasteiger partial charge in [0.2, 0.25) is 0 Å². The fourth-order valence-electron chi connectivity index (χ4n) is 2.00. The van der Waals surface area contributed by atoms with Gasteiger partial charge in [0.1, 0.15) is 4.70 Å². The van der Waals surface area contributed by atoms with Gasteiger partial charge in [-0.3, -0.25) is 9.36 Å². The third-order valence-electron chi connectivity index (χ3n) is 2.82. The molecule has 0 bridgehead atoms. The minimum atomic E-state index is 0.101. The molecule has 0 amide bonds. The third-order valence-corrected chi connectivity index (χ3v) is 3.71. The topological polar surface area (TPSA) is 46.9 Å². The molecular formula is C10H11N3OS. The Morgan fingerprint density at radius 2 is 2.53 bits per heavy atom. The van der Waals surface area contributed by atoms with Crippen LogP contribution in [-0.4, -0.2) is 22.6 Å². The fourth-order valence-corrected chi connectivity index (χ4v) is 2.78. The average molecular weight is 221 g/mol. The normalized spacial score (nSPS) is 21.2. The summed E-state index contributed by atoms with van der Waals surface area (Å²) >= 11 is 1.47. The first kappa shape index (κ1) is 9.06. The number of nitrogens with zero attached hydrogens (tertiary/aromatic N) is 2. The zero-order chi connectivity index (χ0) is 10.3. The van der Waals surface area contributed by atoms with Crippen molar-refractivity contribution in [2.24, 2.45) is 0 Å². The Morgan fingerprint density at radius 1 is 1.60 bits per heavy atom. The van der Waals surface area contributed by atoms with E-state index in [1.807, 2.05) is 11.4 Å². The van der Waals surface area contributed by atoms with E-state index >= 15 is 0 Å². The quantitative estimate of drug-likeness (QED) is 0.781. The number of fused-ring (bicyclic) bond motifs is 1. The molecule has 1 atom stereocenters. The maximum atomic E-state index is 12.1. The molecule has 1 aliphatic rings. The zero-order valence-corrected chi connectivity index (χ0v) is 8.96. The van der Waals surface area contributed by atoms with Crippen LogP contribution in [0.25, 0.3) is 10.2 Å². The van der Waals surface area contributed by atoms with Crippen LogP contribution in [0.4, 0.5) is 0 Å². The summed E-state index contributed by atoms with van der Waals surface area (Å²) in [6.45, 7) is 1.86. The molecule has 15 heavy (non-hydrogen) atoms. The van der Waals surface area contributed by atoms with E-state index in [1.54, 1.807) is 10.9 Å². The standard InChI is InChI=1S/C10H11N3OS/c14-10-9-8(2-4-15-9)12-6-13(10)7-1-3-11-5-7/h2,4,6-7,11H,1,3,5H2. The van der Waals surface area contributed by atoms with Crippen molar-refractivity contribution < 1.29 is 0 Å². The summed E-state index contributed by atoms with van der Waals surface area (Å²) in [6.07, 6.45) is 2.69. The van der Waals surface area contributed by atoms with Crippen molar-refractivity contribution >= 4 is 21.6 Å². The highest BCUT2D eigenvalue weighted by molar-refractivity contribution is 7.17. The maximum absolute atomic E-state index is 12.1. The van der Waals surface area contributed by atoms with Crippen LogP contribution in [0.3, 0.4) is 0 Å². The first-order valence-corrected chi connectivity index (χ1v) is 5.89. The highest BCUT2D eigenvalue weighted by Crippen LogP contribution is 2.17. The van der Waals surface area contributed by atoms with Gasteiger partial charge < -0.3 is 5.32 Å². The molecular weight excluding hydrogens is 210 g/mol. The van der Waals surface area contributed by atoms with Gasteiger partial charge in [-0.1, -0.05) is 0 Å². The number of hydrogen-bond donors (Lipinski definition) is 1. The van der Waals surface area contributed by atoms with Crippen LogP contribution < -0.4 is 10.9 Å². The molecule has 0 aliphatic carbocycles. The Labute approximate surface area is 90.6 Å². The monoisotopic (exact) mass is 221 g/mol. The van der Waals surface area contributed by atoms with Crippen molar-refractivity contribution in [1.29, 1.82) is 0 Å². The van der Waals surface area contributed by atoms with Crippen molar-refractivity contribution in [3.8, 4) is 0 Å². The van der Waals surface area contributed by atoms with Crippen molar-refractivity contribution in [1.82, 2.24) is 14.9 Å². The van der Waals surface area contributed by atoms with Crippen molar-refractivity contribution in [3.63, 3.8) is 0 Å². The van der Waals surface area contributed by atoms with Gasteiger partial charge in [-0.25, -0.2) is 4.98 Å². The van der Waals surface area contributed by atoms with Crippen molar-refractivity contribution in [2.45, 2.75) is 12.5 Å². The van der Waals surface area contributed by atoms with Crippen LogP contribution >= 0.6 is 11.3 Å². The molecule has 3 heterocycles. The number of aromatic nitrogens is 2. The van der Waals surface area contributed by atoms with Crippen LogP contribution in [0, 0.1) is 0 Å². The van der Waals surface area contributed by atoms with Gasteiger partial charge >= 0.3 is 0 Å². The Balaban J connectivity index is 2.18. The Bertz CT molecular complexity index is 539. The van der Waals surface area contributed by atoms with Crippen LogP contribution in [0.1, 0.15) is 12.5 Å². The lowest BCUT2D eigenvalue weighted by molar-refractivity contribution is 0.526. The van der Waals surface area contributed by atoms with Gasteiger partial charge in [0.05, 0.1) is 17.9 Å². The summed E-state index contributed by atoms with van der Waals surface area (Å²) < 4.78 is 2.53. The predicted octanol–water partition coefficient (Wildman–Crippen LogP) is 0.992. The molecule has 2 aromatic heterocycles. The molecule has 1 aliphatic heterocycles. The summed E-state index contributed by atoms with van der Waals surface area (Å²) in [7, 11) is 0. The Hall–Kier alpha value is -1.20. The average Bonchev–Trinajstić information content (AvgIpc) is 2.87. The van der Waals surface area contributed by atoms with Crippen LogP contribution in [0.15, 0.2) is 22.6 Å². The lowest BCUT2D eigenvalue weighted by Crippen LogP contribution is -2.25. The first-order valence-electron chi connectivity index (χ1n) is 5.01. The predicted molar refractivity (Wildman–Crippen MR) is 60.4 cm³/mol. The second kappa shape index (κ2) is 3.43. The molecule has 3 rings (SSSR count). The summed E-state index contributed by atoms with van der Waals surface area (Å²) in [4.78, 5) is 16.4.